The van der Waals surface area contributed by atoms with E-state index in [1.54, 1.807) is 6.07 Å². The van der Waals surface area contributed by atoms with E-state index in [0.717, 1.165) is 21.9 Å². The van der Waals surface area contributed by atoms with Gasteiger partial charge in [-0.05, 0) is 64.6 Å². The zero-order chi connectivity index (χ0) is 42.6. The Balaban J connectivity index is 1.23. The molecule has 3 aromatic heterocycles. The van der Waals surface area contributed by atoms with Crippen LogP contribution in [0.5, 0.6) is 0 Å². The average molecular weight is 652 g/mol. The fourth-order valence-corrected chi connectivity index (χ4v) is 6.26. The van der Waals surface area contributed by atoms with Gasteiger partial charge in [-0.1, -0.05) is 127 Å². The van der Waals surface area contributed by atoms with Gasteiger partial charge in [-0.25, -0.2) is 9.97 Å². The maximum atomic E-state index is 9.49. The summed E-state index contributed by atoms with van der Waals surface area (Å²) < 4.78 is 109. The fraction of sp³-hybridized carbons (Fsp3) is 0. The van der Waals surface area contributed by atoms with Gasteiger partial charge in [0, 0.05) is 38.2 Å². The second-order valence-electron chi connectivity index (χ2n) is 11.7. The molecule has 0 N–H and O–H groups in total. The topological polar surface area (TPSA) is 52.1 Å². The molecule has 4 heteroatoms. The molecule has 10 rings (SSSR count). The summed E-state index contributed by atoms with van der Waals surface area (Å²) in [5.74, 6) is -0.0724. The first kappa shape index (κ1) is 19.3. The second kappa shape index (κ2) is 11.4. The van der Waals surface area contributed by atoms with Crippen molar-refractivity contribution in [2.45, 2.75) is 0 Å². The molecule has 0 spiro atoms. The van der Waals surface area contributed by atoms with Gasteiger partial charge in [0.1, 0.15) is 22.3 Å². The molecule has 0 aliphatic carbocycles. The lowest BCUT2D eigenvalue weighted by Gasteiger charge is -2.10. The molecule has 4 nitrogen and oxygen atoms in total. The predicted molar refractivity (Wildman–Crippen MR) is 204 cm³/mol. The number of aromatic nitrogens is 2. The number of hydrogen-bond donors (Lipinski definition) is 0. The van der Waals surface area contributed by atoms with Crippen LogP contribution in [0.15, 0.2) is 178 Å². The third-order valence-electron chi connectivity index (χ3n) is 8.68. The number of fused-ring (bicyclic) bond motifs is 6. The zero-order valence-electron chi connectivity index (χ0n) is 37.0. The molecule has 234 valence electrons. The molecule has 0 radical (unpaired) electrons. The normalized spacial score (nSPS) is 14.7. The van der Waals surface area contributed by atoms with E-state index >= 15 is 0 Å². The molecule has 50 heavy (non-hydrogen) atoms. The van der Waals surface area contributed by atoms with Gasteiger partial charge in [-0.3, -0.25) is 0 Å². The summed E-state index contributed by atoms with van der Waals surface area (Å²) in [6.07, 6.45) is 0. The Hall–Kier alpha value is -6.78. The Kier molecular flexibility index (Phi) is 4.41. The van der Waals surface area contributed by atoms with Crippen LogP contribution >= 0.6 is 0 Å². The SMILES string of the molecule is [2H]c1c([2H])c([2H])c(-c2c([2H])c([2H])c3oc4c([2H])c(-c5nc(-c6ccc(-c7ccccc7)cc6)cc(-c6cccc7c6oc6ccccc67)n5)c([2H])c([2H])c4c3c2[2H])c([2H])c1[2H]. The quantitative estimate of drug-likeness (QED) is 0.186. The number of nitrogens with zero attached hydrogens (tertiary/aromatic N) is 2. The maximum absolute atomic E-state index is 9.49. The van der Waals surface area contributed by atoms with Crippen LogP contribution in [0.3, 0.4) is 0 Å². The van der Waals surface area contributed by atoms with Crippen molar-refractivity contribution in [3.05, 3.63) is 170 Å². The van der Waals surface area contributed by atoms with Crippen molar-refractivity contribution in [1.29, 1.82) is 0 Å². The minimum absolute atomic E-state index is 0.0724. The van der Waals surface area contributed by atoms with Crippen molar-refractivity contribution >= 4 is 43.9 Å². The molecule has 10 aromatic rings. The Labute approximate surface area is 303 Å². The van der Waals surface area contributed by atoms with Gasteiger partial charge >= 0.3 is 0 Å². The summed E-state index contributed by atoms with van der Waals surface area (Å²) >= 11 is 0. The number of hydrogen-bond acceptors (Lipinski definition) is 4. The summed E-state index contributed by atoms with van der Waals surface area (Å²) in [5, 5.41) is 1.38. The van der Waals surface area contributed by atoms with Crippen LogP contribution in [0.25, 0.3) is 100 Å². The molecule has 0 atom stereocenters. The smallest absolute Gasteiger partial charge is 0.160 e. The van der Waals surface area contributed by atoms with E-state index in [4.69, 9.17) is 28.4 Å². The van der Waals surface area contributed by atoms with Crippen LogP contribution in [0.1, 0.15) is 15.1 Å². The van der Waals surface area contributed by atoms with Gasteiger partial charge in [0.25, 0.3) is 0 Å². The Morgan fingerprint density at radius 2 is 1.16 bits per heavy atom. The monoisotopic (exact) mass is 651 g/mol. The molecule has 0 bridgehead atoms. The van der Waals surface area contributed by atoms with E-state index in [1.165, 1.54) is 0 Å². The number of furan rings is 2. The Morgan fingerprint density at radius 3 is 2.04 bits per heavy atom. The van der Waals surface area contributed by atoms with Crippen LogP contribution < -0.4 is 0 Å². The zero-order valence-corrected chi connectivity index (χ0v) is 26.0. The number of benzene rings is 7. The summed E-state index contributed by atoms with van der Waals surface area (Å²) in [5.41, 5.74) is 3.79. The Morgan fingerprint density at radius 1 is 0.420 bits per heavy atom. The van der Waals surface area contributed by atoms with Crippen LogP contribution in [0.2, 0.25) is 0 Å². The van der Waals surface area contributed by atoms with E-state index in [-0.39, 0.29) is 33.3 Å². The molecule has 0 saturated heterocycles. The van der Waals surface area contributed by atoms with Crippen molar-refractivity contribution in [2.24, 2.45) is 0 Å². The first-order valence-corrected chi connectivity index (χ1v) is 15.8. The predicted octanol–water partition coefficient (Wildman–Crippen LogP) is 12.6. The van der Waals surface area contributed by atoms with Gasteiger partial charge in [0.15, 0.2) is 5.82 Å². The highest BCUT2D eigenvalue weighted by atomic mass is 16.3. The number of para-hydroxylation sites is 2. The minimum atomic E-state index is -0.684. The van der Waals surface area contributed by atoms with E-state index in [2.05, 4.69) is 0 Å². The lowest BCUT2D eigenvalue weighted by atomic mass is 10.0. The highest BCUT2D eigenvalue weighted by Gasteiger charge is 2.18. The van der Waals surface area contributed by atoms with Crippen molar-refractivity contribution in [3.8, 4) is 56.2 Å². The van der Waals surface area contributed by atoms with Crippen LogP contribution in [-0.2, 0) is 0 Å². The van der Waals surface area contributed by atoms with E-state index in [1.807, 2.05) is 97.1 Å². The summed E-state index contributed by atoms with van der Waals surface area (Å²) in [7, 11) is 0. The molecule has 7 aromatic carbocycles. The van der Waals surface area contributed by atoms with Crippen LogP contribution in [-0.4, -0.2) is 9.97 Å². The molecule has 0 amide bonds. The molecular weight excluding hydrogens is 613 g/mol. The van der Waals surface area contributed by atoms with Crippen molar-refractivity contribution < 1.29 is 23.9 Å². The molecular formula is C46H28N2O2. The lowest BCUT2D eigenvalue weighted by Crippen LogP contribution is -1.96. The molecule has 0 saturated carbocycles. The summed E-state index contributed by atoms with van der Waals surface area (Å²) in [6.45, 7) is 0. The van der Waals surface area contributed by atoms with E-state index in [0.29, 0.717) is 33.7 Å². The van der Waals surface area contributed by atoms with Gasteiger partial charge in [-0.2, -0.15) is 0 Å². The summed E-state index contributed by atoms with van der Waals surface area (Å²) in [6, 6.07) is 26.3. The van der Waals surface area contributed by atoms with Crippen LogP contribution in [0.4, 0.5) is 0 Å². The maximum Gasteiger partial charge on any atom is 0.160 e. The lowest BCUT2D eigenvalue weighted by molar-refractivity contribution is 0.669. The molecule has 3 heterocycles. The highest BCUT2D eigenvalue weighted by Crippen LogP contribution is 2.38. The molecule has 0 fully saturated rings. The Bertz CT molecular complexity index is 3460. The standard InChI is InChI=1S/C46H28N2O2/c1-3-10-29(11-4-1)31-18-20-32(21-19-31)40-28-41(38-16-9-15-37-35-14-7-8-17-42(35)50-45(37)38)48-46(47-40)34-22-24-36-39-26-33(30-12-5-2-6-13-30)23-25-43(39)49-44(36)27-34/h1-28H/i2D,5D,6D,12D,13D,22D,23D,24D,25D,26D,27D. The van der Waals surface area contributed by atoms with Gasteiger partial charge in [-0.15, -0.1) is 0 Å². The average Bonchev–Trinajstić information content (AvgIpc) is 3.88. The van der Waals surface area contributed by atoms with Crippen LogP contribution in [0, 0.1) is 0 Å². The van der Waals surface area contributed by atoms with Gasteiger partial charge in [0.2, 0.25) is 0 Å². The second-order valence-corrected chi connectivity index (χ2v) is 11.7. The largest absolute Gasteiger partial charge is 0.456 e. The number of rotatable bonds is 5. The van der Waals surface area contributed by atoms with E-state index < -0.39 is 77.6 Å². The van der Waals surface area contributed by atoms with Gasteiger partial charge < -0.3 is 8.83 Å². The molecule has 0 unspecified atom stereocenters. The first-order chi connectivity index (χ1) is 29.3. The van der Waals surface area contributed by atoms with E-state index in [9.17, 15) is 5.48 Å². The van der Waals surface area contributed by atoms with Gasteiger partial charge in [0.05, 0.1) is 26.5 Å². The fourth-order valence-electron chi connectivity index (χ4n) is 6.26. The third kappa shape index (κ3) is 4.77. The van der Waals surface area contributed by atoms with Crippen molar-refractivity contribution in [1.82, 2.24) is 9.97 Å². The molecule has 0 aliphatic rings. The van der Waals surface area contributed by atoms with Crippen molar-refractivity contribution in [2.75, 3.05) is 0 Å². The third-order valence-corrected chi connectivity index (χ3v) is 8.68. The minimum Gasteiger partial charge on any atom is -0.456 e. The summed E-state index contributed by atoms with van der Waals surface area (Å²) in [4.78, 5) is 9.81. The van der Waals surface area contributed by atoms with Crippen molar-refractivity contribution in [3.63, 3.8) is 0 Å². The molecule has 0 aliphatic heterocycles. The first-order valence-electron chi connectivity index (χ1n) is 21.3. The highest BCUT2D eigenvalue weighted by molar-refractivity contribution is 6.10.